The normalized spacial score (nSPS) is 10.7. The second kappa shape index (κ2) is 6.04. The van der Waals surface area contributed by atoms with E-state index in [-0.39, 0.29) is 17.2 Å². The Hall–Kier alpha value is -3.74. The molecule has 3 N–H and O–H groups in total. The van der Waals surface area contributed by atoms with Gasteiger partial charge in [-0.15, -0.1) is 10.2 Å². The van der Waals surface area contributed by atoms with Gasteiger partial charge < -0.3 is 5.73 Å². The lowest BCUT2D eigenvalue weighted by atomic mass is 10.2. The second-order valence-electron chi connectivity index (χ2n) is 5.42. The SMILES string of the molecule is Nc1cc(-c2ccccc2)nn1-c1nnc(-c2ccccc2)c(=O)[nH]1. The number of nitrogens with two attached hydrogens (primary N) is 1. The van der Waals surface area contributed by atoms with Gasteiger partial charge in [-0.25, -0.2) is 0 Å². The molecule has 0 aliphatic rings. The quantitative estimate of drug-likeness (QED) is 0.600. The minimum atomic E-state index is -0.354. The fourth-order valence-corrected chi connectivity index (χ4v) is 2.52. The van der Waals surface area contributed by atoms with E-state index in [0.717, 1.165) is 5.56 Å². The van der Waals surface area contributed by atoms with Crippen LogP contribution in [0.5, 0.6) is 0 Å². The molecule has 0 saturated heterocycles. The van der Waals surface area contributed by atoms with Crippen LogP contribution in [-0.2, 0) is 0 Å². The summed E-state index contributed by atoms with van der Waals surface area (Å²) in [5.74, 6) is 0.528. The monoisotopic (exact) mass is 330 g/mol. The van der Waals surface area contributed by atoms with Crippen LogP contribution in [0.3, 0.4) is 0 Å². The first-order valence-corrected chi connectivity index (χ1v) is 7.66. The zero-order valence-electron chi connectivity index (χ0n) is 13.1. The van der Waals surface area contributed by atoms with Crippen molar-refractivity contribution in [3.63, 3.8) is 0 Å². The predicted octanol–water partition coefficient (Wildman–Crippen LogP) is 2.27. The summed E-state index contributed by atoms with van der Waals surface area (Å²) in [6, 6.07) is 20.5. The zero-order valence-corrected chi connectivity index (χ0v) is 13.1. The van der Waals surface area contributed by atoms with Crippen LogP contribution in [0.1, 0.15) is 0 Å². The maximum atomic E-state index is 12.4. The maximum absolute atomic E-state index is 12.4. The number of aromatic amines is 1. The highest BCUT2D eigenvalue weighted by Gasteiger charge is 2.13. The topological polar surface area (TPSA) is 102 Å². The zero-order chi connectivity index (χ0) is 17.2. The molecule has 122 valence electrons. The van der Waals surface area contributed by atoms with E-state index in [9.17, 15) is 4.79 Å². The Morgan fingerprint density at radius 3 is 2.16 bits per heavy atom. The third kappa shape index (κ3) is 2.78. The van der Waals surface area contributed by atoms with Crippen molar-refractivity contribution < 1.29 is 0 Å². The van der Waals surface area contributed by atoms with Gasteiger partial charge in [-0.1, -0.05) is 60.7 Å². The number of nitrogen functional groups attached to an aromatic ring is 1. The molecule has 0 amide bonds. The summed E-state index contributed by atoms with van der Waals surface area (Å²) >= 11 is 0. The van der Waals surface area contributed by atoms with Crippen molar-refractivity contribution in [1.82, 2.24) is 25.0 Å². The molecule has 25 heavy (non-hydrogen) atoms. The van der Waals surface area contributed by atoms with Crippen molar-refractivity contribution in [2.45, 2.75) is 0 Å². The Morgan fingerprint density at radius 2 is 1.52 bits per heavy atom. The summed E-state index contributed by atoms with van der Waals surface area (Å²) in [4.78, 5) is 15.0. The summed E-state index contributed by atoms with van der Waals surface area (Å²) in [5, 5.41) is 12.5. The molecule has 0 aliphatic carbocycles. The molecule has 0 atom stereocenters. The second-order valence-corrected chi connectivity index (χ2v) is 5.42. The summed E-state index contributed by atoms with van der Waals surface area (Å²) in [6.45, 7) is 0. The largest absolute Gasteiger partial charge is 0.383 e. The first-order chi connectivity index (χ1) is 12.2. The number of rotatable bonds is 3. The molecular weight excluding hydrogens is 316 g/mol. The molecule has 0 bridgehead atoms. The minimum Gasteiger partial charge on any atom is -0.383 e. The smallest absolute Gasteiger partial charge is 0.279 e. The van der Waals surface area contributed by atoms with Crippen LogP contribution in [-0.4, -0.2) is 25.0 Å². The van der Waals surface area contributed by atoms with Crippen LogP contribution in [0.2, 0.25) is 0 Å². The van der Waals surface area contributed by atoms with Gasteiger partial charge in [0.1, 0.15) is 5.82 Å². The number of aromatic nitrogens is 5. The summed E-state index contributed by atoms with van der Waals surface area (Å²) in [7, 11) is 0. The molecule has 0 saturated carbocycles. The number of hydrogen-bond acceptors (Lipinski definition) is 5. The molecule has 2 aromatic carbocycles. The Morgan fingerprint density at radius 1 is 0.880 bits per heavy atom. The number of anilines is 1. The number of H-pyrrole nitrogens is 1. The average Bonchev–Trinajstić information content (AvgIpc) is 3.05. The molecule has 0 fully saturated rings. The van der Waals surface area contributed by atoms with E-state index in [1.807, 2.05) is 48.5 Å². The average molecular weight is 330 g/mol. The Labute approximate surface area is 142 Å². The lowest BCUT2D eigenvalue weighted by Gasteiger charge is -2.03. The highest BCUT2D eigenvalue weighted by atomic mass is 16.1. The van der Waals surface area contributed by atoms with Crippen molar-refractivity contribution in [3.05, 3.63) is 77.1 Å². The predicted molar refractivity (Wildman–Crippen MR) is 95.1 cm³/mol. The summed E-state index contributed by atoms with van der Waals surface area (Å²) < 4.78 is 1.37. The molecule has 4 rings (SSSR count). The molecule has 0 unspecified atom stereocenters. The highest BCUT2D eigenvalue weighted by molar-refractivity contribution is 5.63. The Balaban J connectivity index is 1.75. The lowest BCUT2D eigenvalue weighted by Crippen LogP contribution is -2.18. The molecule has 4 aromatic rings. The van der Waals surface area contributed by atoms with Crippen LogP contribution >= 0.6 is 0 Å². The van der Waals surface area contributed by atoms with E-state index < -0.39 is 0 Å². The van der Waals surface area contributed by atoms with Gasteiger partial charge in [0, 0.05) is 17.2 Å². The summed E-state index contributed by atoms with van der Waals surface area (Å²) in [5.41, 5.74) is 8.22. The van der Waals surface area contributed by atoms with Crippen LogP contribution < -0.4 is 11.3 Å². The van der Waals surface area contributed by atoms with Gasteiger partial charge in [0.25, 0.3) is 11.5 Å². The number of hydrogen-bond donors (Lipinski definition) is 2. The van der Waals surface area contributed by atoms with Gasteiger partial charge in [-0.2, -0.15) is 9.78 Å². The standard InChI is InChI=1S/C18H14N6O/c19-15-11-14(12-7-3-1-4-8-12)23-24(15)18-20-17(25)16(21-22-18)13-9-5-2-6-10-13/h1-11H,19H2,(H,20,22,25). The van der Waals surface area contributed by atoms with Crippen molar-refractivity contribution in [1.29, 1.82) is 0 Å². The fraction of sp³-hybridized carbons (Fsp3) is 0. The molecule has 0 radical (unpaired) electrons. The van der Waals surface area contributed by atoms with Gasteiger partial charge in [0.15, 0.2) is 5.69 Å². The molecule has 0 aliphatic heterocycles. The first kappa shape index (κ1) is 14.8. The van der Waals surface area contributed by atoms with Crippen LogP contribution in [0.25, 0.3) is 28.5 Å². The molecule has 2 heterocycles. The van der Waals surface area contributed by atoms with Crippen molar-refractivity contribution in [3.8, 4) is 28.5 Å². The van der Waals surface area contributed by atoms with Crippen LogP contribution in [0.15, 0.2) is 71.5 Å². The van der Waals surface area contributed by atoms with Gasteiger partial charge >= 0.3 is 0 Å². The van der Waals surface area contributed by atoms with Gasteiger partial charge in [0.05, 0.1) is 5.69 Å². The number of nitrogens with zero attached hydrogens (tertiary/aromatic N) is 4. The van der Waals surface area contributed by atoms with E-state index in [2.05, 4.69) is 20.3 Å². The van der Waals surface area contributed by atoms with Gasteiger partial charge in [-0.3, -0.25) is 9.78 Å². The lowest BCUT2D eigenvalue weighted by molar-refractivity contribution is 0.776. The van der Waals surface area contributed by atoms with Crippen LogP contribution in [0.4, 0.5) is 5.82 Å². The molecule has 7 nitrogen and oxygen atoms in total. The fourth-order valence-electron chi connectivity index (χ4n) is 2.52. The maximum Gasteiger partial charge on any atom is 0.279 e. The molecular formula is C18H14N6O. The number of nitrogens with one attached hydrogen (secondary N) is 1. The third-order valence-corrected chi connectivity index (χ3v) is 3.74. The van der Waals surface area contributed by atoms with Crippen molar-refractivity contribution >= 4 is 5.82 Å². The van der Waals surface area contributed by atoms with E-state index in [1.54, 1.807) is 18.2 Å². The van der Waals surface area contributed by atoms with E-state index in [4.69, 9.17) is 5.73 Å². The third-order valence-electron chi connectivity index (χ3n) is 3.74. The molecule has 2 aromatic heterocycles. The highest BCUT2D eigenvalue weighted by Crippen LogP contribution is 2.21. The van der Waals surface area contributed by atoms with E-state index in [1.165, 1.54) is 4.68 Å². The van der Waals surface area contributed by atoms with E-state index in [0.29, 0.717) is 17.1 Å². The van der Waals surface area contributed by atoms with Gasteiger partial charge in [-0.05, 0) is 0 Å². The minimum absolute atomic E-state index is 0.171. The summed E-state index contributed by atoms with van der Waals surface area (Å²) in [6.07, 6.45) is 0. The van der Waals surface area contributed by atoms with Crippen molar-refractivity contribution in [2.75, 3.05) is 5.73 Å². The first-order valence-electron chi connectivity index (χ1n) is 7.66. The van der Waals surface area contributed by atoms with Crippen molar-refractivity contribution in [2.24, 2.45) is 0 Å². The molecule has 7 heteroatoms. The number of benzene rings is 2. The molecule has 0 spiro atoms. The Bertz CT molecular complexity index is 1070. The van der Waals surface area contributed by atoms with E-state index >= 15 is 0 Å². The Kier molecular flexibility index (Phi) is 3.59. The van der Waals surface area contributed by atoms with Crippen LogP contribution in [0, 0.1) is 0 Å². The van der Waals surface area contributed by atoms with Gasteiger partial charge in [0.2, 0.25) is 0 Å².